The molecule has 0 bridgehead atoms. The summed E-state index contributed by atoms with van der Waals surface area (Å²) in [5.41, 5.74) is 3.04. The van der Waals surface area contributed by atoms with Crippen LogP contribution in [0.3, 0.4) is 0 Å². The Morgan fingerprint density at radius 1 is 0.423 bits per heavy atom. The number of fused-ring (bicyclic) bond motifs is 3. The van der Waals surface area contributed by atoms with Crippen molar-refractivity contribution in [3.63, 3.8) is 0 Å². The highest BCUT2D eigenvalue weighted by atomic mass is 16.6. The van der Waals surface area contributed by atoms with Crippen molar-refractivity contribution in [3.8, 4) is 23.0 Å². The molecule has 3 aliphatic rings. The van der Waals surface area contributed by atoms with Crippen LogP contribution in [0.5, 0.6) is 23.0 Å². The van der Waals surface area contributed by atoms with Crippen molar-refractivity contribution in [2.24, 2.45) is 0 Å². The van der Waals surface area contributed by atoms with Crippen LogP contribution in [0.1, 0.15) is 68.5 Å². The highest BCUT2D eigenvalue weighted by Crippen LogP contribution is 2.51. The third kappa shape index (κ3) is 4.69. The molecule has 0 radical (unpaired) electrons. The predicted octanol–water partition coefficient (Wildman–Crippen LogP) is 7.84. The quantitative estimate of drug-likeness (QED) is 0.122. The number of ether oxygens (including phenoxy) is 4. The smallest absolute Gasteiger partial charge is 0.347 e. The Hall–Kier alpha value is -7.33. The minimum atomic E-state index is -1.14. The molecule has 0 N–H and O–H groups in total. The van der Waals surface area contributed by atoms with Crippen LogP contribution in [-0.4, -0.2) is 29.8 Å². The van der Waals surface area contributed by atoms with Gasteiger partial charge in [0.2, 0.25) is 0 Å². The molecule has 250 valence electrons. The van der Waals surface area contributed by atoms with Gasteiger partial charge >= 0.3 is 23.9 Å². The van der Waals surface area contributed by atoms with Crippen molar-refractivity contribution in [2.75, 3.05) is 4.90 Å². The molecule has 6 aromatic carbocycles. The lowest BCUT2D eigenvalue weighted by atomic mass is 9.76. The Bertz CT molecular complexity index is 2380. The van der Waals surface area contributed by atoms with Gasteiger partial charge in [-0.1, -0.05) is 60.7 Å². The fourth-order valence-corrected chi connectivity index (χ4v) is 7.06. The zero-order valence-corrected chi connectivity index (χ0v) is 26.9. The maximum Gasteiger partial charge on any atom is 0.347 e. The summed E-state index contributed by atoms with van der Waals surface area (Å²) in [6.07, 6.45) is 0. The fourth-order valence-electron chi connectivity index (χ4n) is 7.06. The van der Waals surface area contributed by atoms with Gasteiger partial charge < -0.3 is 18.9 Å². The van der Waals surface area contributed by atoms with E-state index in [0.717, 1.165) is 16.7 Å². The van der Waals surface area contributed by atoms with Gasteiger partial charge in [-0.25, -0.2) is 19.2 Å². The molecule has 0 aromatic heterocycles. The number of anilines is 1. The van der Waals surface area contributed by atoms with Crippen LogP contribution in [-0.2, 0) is 15.0 Å². The number of rotatable bonds is 7. The standard InChI is InChI=1S/C42H23NO9/c44-37-33-8-4-5-9-36(33)42(43(37)26-6-2-1-3-7-26,24-10-14-27(15-11-24)49-29-18-20-31-34(22-29)40(47)51-38(31)45)25-12-16-28(17-13-25)50-30-19-21-32-35(23-30)41(48)52-39(32)46/h1-23H. The van der Waals surface area contributed by atoms with Gasteiger partial charge in [-0.3, -0.25) is 9.69 Å². The molecule has 9 rings (SSSR count). The molecule has 10 nitrogen and oxygen atoms in total. The van der Waals surface area contributed by atoms with Crippen molar-refractivity contribution in [1.82, 2.24) is 0 Å². The number of hydrogen-bond donors (Lipinski definition) is 0. The first-order valence-electron chi connectivity index (χ1n) is 16.2. The molecule has 0 spiro atoms. The molecule has 0 fully saturated rings. The van der Waals surface area contributed by atoms with E-state index >= 15 is 0 Å². The van der Waals surface area contributed by atoms with Gasteiger partial charge in [-0.05, 0) is 95.6 Å². The summed E-state index contributed by atoms with van der Waals surface area (Å²) < 4.78 is 21.6. The summed E-state index contributed by atoms with van der Waals surface area (Å²) in [7, 11) is 0. The lowest BCUT2D eigenvalue weighted by Crippen LogP contribution is -2.46. The van der Waals surface area contributed by atoms with Gasteiger partial charge in [0.05, 0.1) is 22.3 Å². The molecular weight excluding hydrogens is 662 g/mol. The van der Waals surface area contributed by atoms with Gasteiger partial charge in [0, 0.05) is 11.3 Å². The second-order valence-corrected chi connectivity index (χ2v) is 12.3. The van der Waals surface area contributed by atoms with Crippen molar-refractivity contribution in [2.45, 2.75) is 5.54 Å². The van der Waals surface area contributed by atoms with Gasteiger partial charge in [0.15, 0.2) is 0 Å². The highest BCUT2D eigenvalue weighted by Gasteiger charge is 2.52. The van der Waals surface area contributed by atoms with Gasteiger partial charge in [-0.15, -0.1) is 0 Å². The van der Waals surface area contributed by atoms with Gasteiger partial charge in [0.25, 0.3) is 5.91 Å². The molecule has 0 saturated heterocycles. The Labute approximate surface area is 295 Å². The number of hydrogen-bond acceptors (Lipinski definition) is 9. The largest absolute Gasteiger partial charge is 0.457 e. The number of nitrogens with zero attached hydrogens (tertiary/aromatic N) is 1. The zero-order valence-electron chi connectivity index (χ0n) is 26.9. The van der Waals surface area contributed by atoms with E-state index in [1.165, 1.54) is 24.3 Å². The first kappa shape index (κ1) is 30.7. The minimum absolute atomic E-state index is 0.138. The van der Waals surface area contributed by atoms with E-state index < -0.39 is 29.4 Å². The first-order chi connectivity index (χ1) is 25.3. The summed E-state index contributed by atoms with van der Waals surface area (Å²) in [5.74, 6) is -1.39. The topological polar surface area (TPSA) is 126 Å². The molecule has 6 aromatic rings. The lowest BCUT2D eigenvalue weighted by Gasteiger charge is -2.40. The third-order valence-corrected chi connectivity index (χ3v) is 9.35. The molecule has 3 heterocycles. The number of para-hydroxylation sites is 1. The Kier molecular flexibility index (Phi) is 6.87. The summed E-state index contributed by atoms with van der Waals surface area (Å²) in [5, 5.41) is 0. The first-order valence-corrected chi connectivity index (χ1v) is 16.2. The van der Waals surface area contributed by atoms with Crippen molar-refractivity contribution >= 4 is 35.5 Å². The lowest BCUT2D eigenvalue weighted by molar-refractivity contribution is 0.0425. The molecule has 3 aliphatic heterocycles. The van der Waals surface area contributed by atoms with E-state index in [0.29, 0.717) is 34.2 Å². The zero-order chi connectivity index (χ0) is 35.6. The van der Waals surface area contributed by atoms with Crippen LogP contribution in [0.25, 0.3) is 0 Å². The molecule has 0 unspecified atom stereocenters. The fraction of sp³-hybridized carbons (Fsp3) is 0.0238. The summed E-state index contributed by atoms with van der Waals surface area (Å²) >= 11 is 0. The number of amides is 1. The van der Waals surface area contributed by atoms with Crippen LogP contribution in [0.4, 0.5) is 5.69 Å². The van der Waals surface area contributed by atoms with Crippen molar-refractivity contribution in [3.05, 3.63) is 184 Å². The molecule has 0 aliphatic carbocycles. The van der Waals surface area contributed by atoms with E-state index in [1.54, 1.807) is 41.3 Å². The number of carbonyl (C=O) groups excluding carboxylic acids is 5. The molecular formula is C42H23NO9. The molecule has 0 saturated carbocycles. The SMILES string of the molecule is O=C1OC(=O)c2cc(Oc3ccc(C4(c5ccc(Oc6ccc7c(c6)C(=O)OC7=O)cc5)c5ccccc5C(=O)N4c4ccccc4)cc3)ccc21. The van der Waals surface area contributed by atoms with Crippen LogP contribution in [0, 0.1) is 0 Å². The van der Waals surface area contributed by atoms with Crippen LogP contribution in [0.15, 0.2) is 140 Å². The van der Waals surface area contributed by atoms with Gasteiger partial charge in [0.1, 0.15) is 28.5 Å². The number of benzene rings is 6. The van der Waals surface area contributed by atoms with E-state index in [9.17, 15) is 24.0 Å². The Balaban J connectivity index is 1.13. The molecule has 1 amide bonds. The second-order valence-electron chi connectivity index (χ2n) is 12.3. The Morgan fingerprint density at radius 2 is 0.865 bits per heavy atom. The van der Waals surface area contributed by atoms with Crippen LogP contribution >= 0.6 is 0 Å². The summed E-state index contributed by atoms with van der Waals surface area (Å²) in [6, 6.07) is 40.7. The number of cyclic esters (lactones) is 4. The van der Waals surface area contributed by atoms with E-state index in [-0.39, 0.29) is 28.2 Å². The average Bonchev–Trinajstić information content (AvgIpc) is 3.73. The minimum Gasteiger partial charge on any atom is -0.457 e. The molecule has 0 atom stereocenters. The van der Waals surface area contributed by atoms with Crippen molar-refractivity contribution < 1.29 is 42.9 Å². The van der Waals surface area contributed by atoms with E-state index in [4.69, 9.17) is 18.9 Å². The maximum absolute atomic E-state index is 14.4. The van der Waals surface area contributed by atoms with Crippen LogP contribution in [0.2, 0.25) is 0 Å². The highest BCUT2D eigenvalue weighted by molar-refractivity contribution is 6.16. The Morgan fingerprint density at radius 3 is 1.38 bits per heavy atom. The van der Waals surface area contributed by atoms with Gasteiger partial charge in [-0.2, -0.15) is 0 Å². The predicted molar refractivity (Wildman–Crippen MR) is 185 cm³/mol. The monoisotopic (exact) mass is 685 g/mol. The average molecular weight is 686 g/mol. The summed E-state index contributed by atoms with van der Waals surface area (Å²) in [6.45, 7) is 0. The van der Waals surface area contributed by atoms with Crippen LogP contribution < -0.4 is 14.4 Å². The summed E-state index contributed by atoms with van der Waals surface area (Å²) in [4.78, 5) is 64.3. The maximum atomic E-state index is 14.4. The second kappa shape index (κ2) is 11.6. The number of esters is 4. The molecule has 10 heteroatoms. The normalized spacial score (nSPS) is 15.2. The van der Waals surface area contributed by atoms with E-state index in [2.05, 4.69) is 0 Å². The number of carbonyl (C=O) groups is 5. The van der Waals surface area contributed by atoms with Crippen molar-refractivity contribution in [1.29, 1.82) is 0 Å². The molecule has 52 heavy (non-hydrogen) atoms. The van der Waals surface area contributed by atoms with E-state index in [1.807, 2.05) is 78.9 Å². The third-order valence-electron chi connectivity index (χ3n) is 9.35.